The predicted molar refractivity (Wildman–Crippen MR) is 362 cm³/mol. The summed E-state index contributed by atoms with van der Waals surface area (Å²) >= 11 is 0. The molecule has 0 aliphatic rings. The standard InChI is InChI=1S/C77H140O6/c1-4-7-10-13-16-19-22-25-28-31-33-35-37-38-39-40-42-43-46-49-52-55-58-61-64-67-70-76(79)82-73-74(72-81-75(78)69-66-63-60-57-54-51-48-45-30-27-24-21-18-15-12-9-6-3)83-77(80)71-68-65-62-59-56-53-50-47-44-41-36-34-32-29-26-23-20-17-14-11-8-5-2/h9,12,18,21,27,30,48,51,57,60,74H,4-8,10-11,13-17,19-20,22-26,28-29,31-47,49-50,52-56,58-59,61-73H2,1-3H3/b12-9-,21-18-,30-27-,51-48-,60-57-. The number of esters is 3. The second-order valence-corrected chi connectivity index (χ2v) is 24.8. The number of rotatable bonds is 68. The van der Waals surface area contributed by atoms with Crippen molar-refractivity contribution in [3.05, 3.63) is 60.8 Å². The first-order valence-corrected chi connectivity index (χ1v) is 36.8. The van der Waals surface area contributed by atoms with Gasteiger partial charge in [0.1, 0.15) is 13.2 Å². The minimum absolute atomic E-state index is 0.0866. The van der Waals surface area contributed by atoms with E-state index in [4.69, 9.17) is 14.2 Å². The van der Waals surface area contributed by atoms with Crippen LogP contribution in [0.3, 0.4) is 0 Å². The fourth-order valence-electron chi connectivity index (χ4n) is 11.1. The Balaban J connectivity index is 4.31. The molecule has 484 valence electrons. The van der Waals surface area contributed by atoms with Crippen molar-refractivity contribution < 1.29 is 28.6 Å². The van der Waals surface area contributed by atoms with Gasteiger partial charge in [-0.25, -0.2) is 0 Å². The second-order valence-electron chi connectivity index (χ2n) is 24.8. The highest BCUT2D eigenvalue weighted by atomic mass is 16.6. The lowest BCUT2D eigenvalue weighted by atomic mass is 10.0. The van der Waals surface area contributed by atoms with Gasteiger partial charge in [-0.3, -0.25) is 14.4 Å². The van der Waals surface area contributed by atoms with Gasteiger partial charge in [0.05, 0.1) is 0 Å². The lowest BCUT2D eigenvalue weighted by Crippen LogP contribution is -2.30. The molecule has 6 heteroatoms. The highest BCUT2D eigenvalue weighted by molar-refractivity contribution is 5.71. The van der Waals surface area contributed by atoms with Crippen LogP contribution in [0, 0.1) is 0 Å². The lowest BCUT2D eigenvalue weighted by molar-refractivity contribution is -0.167. The Hall–Kier alpha value is -2.89. The van der Waals surface area contributed by atoms with Crippen molar-refractivity contribution in [1.29, 1.82) is 0 Å². The Kier molecular flexibility index (Phi) is 69.1. The summed E-state index contributed by atoms with van der Waals surface area (Å²) in [7, 11) is 0. The maximum absolute atomic E-state index is 13.0. The molecule has 0 N–H and O–H groups in total. The quantitative estimate of drug-likeness (QED) is 0.0261. The van der Waals surface area contributed by atoms with Crippen LogP contribution in [0.25, 0.3) is 0 Å². The van der Waals surface area contributed by atoms with Gasteiger partial charge in [-0.05, 0) is 57.8 Å². The molecule has 0 radical (unpaired) electrons. The van der Waals surface area contributed by atoms with Crippen molar-refractivity contribution in [1.82, 2.24) is 0 Å². The summed E-state index contributed by atoms with van der Waals surface area (Å²) in [5.74, 6) is -0.919. The number of carbonyl (C=O) groups is 3. The van der Waals surface area contributed by atoms with Crippen LogP contribution in [-0.2, 0) is 28.6 Å². The third kappa shape index (κ3) is 69.8. The zero-order valence-corrected chi connectivity index (χ0v) is 55.7. The molecule has 0 spiro atoms. The minimum Gasteiger partial charge on any atom is -0.462 e. The maximum Gasteiger partial charge on any atom is 0.306 e. The fourth-order valence-corrected chi connectivity index (χ4v) is 11.1. The first-order valence-electron chi connectivity index (χ1n) is 36.8. The Labute approximate surface area is 517 Å². The minimum atomic E-state index is -0.796. The molecular weight excluding hydrogens is 1020 g/mol. The van der Waals surface area contributed by atoms with Crippen molar-refractivity contribution in [3.8, 4) is 0 Å². The fraction of sp³-hybridized carbons (Fsp3) is 0.831. The Morgan fingerprint density at radius 2 is 0.470 bits per heavy atom. The molecule has 83 heavy (non-hydrogen) atoms. The van der Waals surface area contributed by atoms with Crippen molar-refractivity contribution in [3.63, 3.8) is 0 Å². The van der Waals surface area contributed by atoms with E-state index in [1.807, 2.05) is 0 Å². The van der Waals surface area contributed by atoms with Crippen molar-refractivity contribution in [2.24, 2.45) is 0 Å². The summed E-state index contributed by atoms with van der Waals surface area (Å²) in [6.45, 7) is 6.56. The number of ether oxygens (including phenoxy) is 3. The molecule has 0 aliphatic carbocycles. The third-order valence-electron chi connectivity index (χ3n) is 16.5. The van der Waals surface area contributed by atoms with Crippen LogP contribution in [0.4, 0.5) is 0 Å². The van der Waals surface area contributed by atoms with Crippen LogP contribution in [0.5, 0.6) is 0 Å². The monoisotopic (exact) mass is 1160 g/mol. The number of allylic oxidation sites excluding steroid dienone is 10. The van der Waals surface area contributed by atoms with Gasteiger partial charge >= 0.3 is 17.9 Å². The molecule has 0 saturated carbocycles. The highest BCUT2D eigenvalue weighted by Gasteiger charge is 2.19. The topological polar surface area (TPSA) is 78.9 Å². The zero-order chi connectivity index (χ0) is 59.9. The highest BCUT2D eigenvalue weighted by Crippen LogP contribution is 2.19. The van der Waals surface area contributed by atoms with Gasteiger partial charge < -0.3 is 14.2 Å². The SMILES string of the molecule is CC/C=C\C/C=C\C/C=C\C/C=C\C/C=C\CCCC(=O)OCC(COC(=O)CCCCCCCCCCCCCCCCCCCCCCCCCCCC)OC(=O)CCCCCCCCCCCCCCCCCCCCCCCC. The van der Waals surface area contributed by atoms with Gasteiger partial charge in [0.25, 0.3) is 0 Å². The average molecular weight is 1160 g/mol. The van der Waals surface area contributed by atoms with E-state index in [9.17, 15) is 14.4 Å². The summed E-state index contributed by atoms with van der Waals surface area (Å²) in [5, 5.41) is 0. The number of carbonyl (C=O) groups excluding carboxylic acids is 3. The predicted octanol–water partition coefficient (Wildman–Crippen LogP) is 25.5. The molecule has 0 heterocycles. The lowest BCUT2D eigenvalue weighted by Gasteiger charge is -2.18. The van der Waals surface area contributed by atoms with Gasteiger partial charge in [-0.15, -0.1) is 0 Å². The zero-order valence-electron chi connectivity index (χ0n) is 55.7. The molecule has 0 aromatic carbocycles. The van der Waals surface area contributed by atoms with Gasteiger partial charge in [0.15, 0.2) is 6.10 Å². The molecular formula is C77H140O6. The second kappa shape index (κ2) is 71.6. The molecule has 0 saturated heterocycles. The summed E-state index contributed by atoms with van der Waals surface area (Å²) in [6, 6.07) is 0. The Morgan fingerprint density at radius 1 is 0.253 bits per heavy atom. The summed E-state index contributed by atoms with van der Waals surface area (Å²) < 4.78 is 17.0. The van der Waals surface area contributed by atoms with Gasteiger partial charge in [0.2, 0.25) is 0 Å². The number of hydrogen-bond donors (Lipinski definition) is 0. The molecule has 0 fully saturated rings. The summed E-state index contributed by atoms with van der Waals surface area (Å²) in [4.78, 5) is 38.5. The molecule has 0 amide bonds. The van der Waals surface area contributed by atoms with Crippen LogP contribution in [0.1, 0.15) is 393 Å². The van der Waals surface area contributed by atoms with Crippen LogP contribution in [0.2, 0.25) is 0 Å². The van der Waals surface area contributed by atoms with E-state index in [2.05, 4.69) is 81.5 Å². The Bertz CT molecular complexity index is 1470. The smallest absolute Gasteiger partial charge is 0.306 e. The normalized spacial score (nSPS) is 12.4. The van der Waals surface area contributed by atoms with E-state index in [0.29, 0.717) is 19.3 Å². The van der Waals surface area contributed by atoms with Crippen LogP contribution in [0.15, 0.2) is 60.8 Å². The van der Waals surface area contributed by atoms with Gasteiger partial charge in [-0.1, -0.05) is 377 Å². The van der Waals surface area contributed by atoms with E-state index in [0.717, 1.165) is 77.0 Å². The molecule has 6 nitrogen and oxygen atoms in total. The first kappa shape index (κ1) is 80.1. The third-order valence-corrected chi connectivity index (χ3v) is 16.5. The molecule has 0 aliphatic heterocycles. The summed E-state index contributed by atoms with van der Waals surface area (Å²) in [6.07, 6.45) is 92.7. The number of unbranched alkanes of at least 4 members (excludes halogenated alkanes) is 47. The maximum atomic E-state index is 13.0. The summed E-state index contributed by atoms with van der Waals surface area (Å²) in [5.41, 5.74) is 0. The van der Waals surface area contributed by atoms with Crippen LogP contribution in [-0.4, -0.2) is 37.2 Å². The molecule has 1 unspecified atom stereocenters. The van der Waals surface area contributed by atoms with Gasteiger partial charge in [-0.2, -0.15) is 0 Å². The average Bonchev–Trinajstić information content (AvgIpc) is 3.50. The molecule has 0 rings (SSSR count). The van der Waals surface area contributed by atoms with Crippen molar-refractivity contribution >= 4 is 17.9 Å². The largest absolute Gasteiger partial charge is 0.462 e. The van der Waals surface area contributed by atoms with Crippen LogP contribution >= 0.6 is 0 Å². The first-order chi connectivity index (χ1) is 41.0. The van der Waals surface area contributed by atoms with Crippen LogP contribution < -0.4 is 0 Å². The Morgan fingerprint density at radius 3 is 0.735 bits per heavy atom. The van der Waals surface area contributed by atoms with E-state index in [-0.39, 0.29) is 37.5 Å². The molecule has 0 aromatic heterocycles. The van der Waals surface area contributed by atoms with Gasteiger partial charge in [0, 0.05) is 19.3 Å². The molecule has 0 aromatic rings. The molecule has 1 atom stereocenters. The van der Waals surface area contributed by atoms with E-state index < -0.39 is 6.10 Å². The van der Waals surface area contributed by atoms with E-state index in [1.165, 1.54) is 270 Å². The van der Waals surface area contributed by atoms with Crippen molar-refractivity contribution in [2.45, 2.75) is 399 Å². The van der Waals surface area contributed by atoms with E-state index >= 15 is 0 Å². The molecule has 0 bridgehead atoms. The van der Waals surface area contributed by atoms with Crippen molar-refractivity contribution in [2.75, 3.05) is 13.2 Å². The number of hydrogen-bond acceptors (Lipinski definition) is 6. The van der Waals surface area contributed by atoms with E-state index in [1.54, 1.807) is 0 Å².